The lowest BCUT2D eigenvalue weighted by Gasteiger charge is -2.36. The molecule has 0 aliphatic heterocycles. The summed E-state index contributed by atoms with van der Waals surface area (Å²) in [7, 11) is 1.86. The van der Waals surface area contributed by atoms with Crippen molar-refractivity contribution in [2.45, 2.75) is 70.6 Å². The third-order valence-electron chi connectivity index (χ3n) is 4.42. The van der Waals surface area contributed by atoms with Crippen molar-refractivity contribution in [2.75, 3.05) is 13.7 Å². The van der Waals surface area contributed by atoms with Crippen LogP contribution in [-0.4, -0.2) is 29.0 Å². The van der Waals surface area contributed by atoms with Gasteiger partial charge < -0.3 is 10.1 Å². The van der Waals surface area contributed by atoms with E-state index in [-0.39, 0.29) is 11.6 Å². The van der Waals surface area contributed by atoms with Crippen LogP contribution in [0.3, 0.4) is 0 Å². The fourth-order valence-corrected chi connectivity index (χ4v) is 3.36. The van der Waals surface area contributed by atoms with Crippen molar-refractivity contribution in [3.05, 3.63) is 18.0 Å². The van der Waals surface area contributed by atoms with E-state index < -0.39 is 0 Å². The minimum Gasteiger partial charge on any atom is -0.376 e. The molecule has 0 saturated heterocycles. The Morgan fingerprint density at radius 2 is 2.10 bits per heavy atom. The van der Waals surface area contributed by atoms with Gasteiger partial charge in [-0.25, -0.2) is 0 Å². The highest BCUT2D eigenvalue weighted by molar-refractivity contribution is 5.17. The maximum Gasteiger partial charge on any atom is 0.0873 e. The number of methoxy groups -OCH3 is 1. The van der Waals surface area contributed by atoms with Gasteiger partial charge >= 0.3 is 0 Å². The van der Waals surface area contributed by atoms with Crippen LogP contribution in [0.4, 0.5) is 0 Å². The Balaban J connectivity index is 2.21. The van der Waals surface area contributed by atoms with Crippen molar-refractivity contribution in [3.8, 4) is 0 Å². The summed E-state index contributed by atoms with van der Waals surface area (Å²) < 4.78 is 8.03. The number of rotatable bonds is 8. The summed E-state index contributed by atoms with van der Waals surface area (Å²) in [5, 5.41) is 8.19. The topological polar surface area (TPSA) is 39.1 Å². The number of hydrogen-bond donors (Lipinski definition) is 1. The molecular weight excluding hydrogens is 250 g/mol. The smallest absolute Gasteiger partial charge is 0.0873 e. The van der Waals surface area contributed by atoms with Gasteiger partial charge in [0, 0.05) is 25.4 Å². The third-order valence-corrected chi connectivity index (χ3v) is 4.42. The molecule has 0 spiro atoms. The van der Waals surface area contributed by atoms with Gasteiger partial charge in [-0.1, -0.05) is 26.7 Å². The highest BCUT2D eigenvalue weighted by Gasteiger charge is 2.42. The van der Waals surface area contributed by atoms with Gasteiger partial charge in [0.15, 0.2) is 0 Å². The van der Waals surface area contributed by atoms with E-state index in [2.05, 4.69) is 30.5 Å². The zero-order valence-electron chi connectivity index (χ0n) is 13.2. The van der Waals surface area contributed by atoms with Crippen LogP contribution in [0.1, 0.15) is 64.0 Å². The number of ether oxygens (including phenoxy) is 1. The molecule has 1 aromatic rings. The summed E-state index contributed by atoms with van der Waals surface area (Å²) in [6, 6.07) is 0.264. The van der Waals surface area contributed by atoms with Crippen LogP contribution in [0.5, 0.6) is 0 Å². The van der Waals surface area contributed by atoms with E-state index in [0.717, 1.165) is 38.8 Å². The molecule has 4 heteroatoms. The van der Waals surface area contributed by atoms with Gasteiger partial charge in [-0.05, 0) is 32.2 Å². The lowest BCUT2D eigenvalue weighted by molar-refractivity contribution is -0.0367. The molecule has 20 heavy (non-hydrogen) atoms. The molecule has 1 heterocycles. The van der Waals surface area contributed by atoms with E-state index in [4.69, 9.17) is 4.74 Å². The van der Waals surface area contributed by atoms with Crippen LogP contribution in [-0.2, 0) is 11.3 Å². The second-order valence-electron chi connectivity index (χ2n) is 5.90. The summed E-state index contributed by atoms with van der Waals surface area (Å²) in [5.74, 6) is 0. The molecule has 0 amide bonds. The molecule has 2 rings (SSSR count). The van der Waals surface area contributed by atoms with Gasteiger partial charge in [-0.3, -0.25) is 4.68 Å². The molecule has 4 nitrogen and oxygen atoms in total. The summed E-state index contributed by atoms with van der Waals surface area (Å²) in [4.78, 5) is 0. The predicted octanol–water partition coefficient (Wildman–Crippen LogP) is 3.29. The quantitative estimate of drug-likeness (QED) is 0.793. The average Bonchev–Trinajstić information content (AvgIpc) is 3.10. The Kier molecular flexibility index (Phi) is 5.61. The lowest BCUT2D eigenvalue weighted by atomic mass is 9.88. The number of nitrogens with one attached hydrogen (secondary N) is 1. The van der Waals surface area contributed by atoms with Gasteiger partial charge in [0.2, 0.25) is 0 Å². The van der Waals surface area contributed by atoms with Crippen LogP contribution in [0.2, 0.25) is 0 Å². The van der Waals surface area contributed by atoms with Crippen LogP contribution in [0, 0.1) is 0 Å². The van der Waals surface area contributed by atoms with Crippen molar-refractivity contribution in [2.24, 2.45) is 0 Å². The molecular formula is C16H29N3O. The van der Waals surface area contributed by atoms with Crippen LogP contribution < -0.4 is 5.32 Å². The molecule has 1 N–H and O–H groups in total. The number of aromatic nitrogens is 2. The SMILES string of the molecule is CCCNC(c1cnn(CCC)c1)C1(OC)CCCC1. The Morgan fingerprint density at radius 3 is 2.70 bits per heavy atom. The van der Waals surface area contributed by atoms with Crippen LogP contribution in [0.25, 0.3) is 0 Å². The fraction of sp³-hybridized carbons (Fsp3) is 0.812. The van der Waals surface area contributed by atoms with E-state index in [1.54, 1.807) is 0 Å². The fourth-order valence-electron chi connectivity index (χ4n) is 3.36. The first-order valence-corrected chi connectivity index (χ1v) is 8.06. The number of hydrogen-bond acceptors (Lipinski definition) is 3. The first kappa shape index (κ1) is 15.5. The number of aryl methyl sites for hydroxylation is 1. The monoisotopic (exact) mass is 279 g/mol. The molecule has 1 aliphatic carbocycles. The van der Waals surface area contributed by atoms with Crippen molar-refractivity contribution >= 4 is 0 Å². The Bertz CT molecular complexity index is 396. The van der Waals surface area contributed by atoms with Gasteiger partial charge in [0.05, 0.1) is 17.8 Å². The number of nitrogens with zero attached hydrogens (tertiary/aromatic N) is 2. The molecule has 1 saturated carbocycles. The molecule has 1 atom stereocenters. The van der Waals surface area contributed by atoms with Crippen molar-refractivity contribution < 1.29 is 4.74 Å². The highest BCUT2D eigenvalue weighted by Crippen LogP contribution is 2.42. The van der Waals surface area contributed by atoms with Gasteiger partial charge in [-0.15, -0.1) is 0 Å². The largest absolute Gasteiger partial charge is 0.376 e. The van der Waals surface area contributed by atoms with E-state index in [1.807, 2.05) is 18.0 Å². The summed E-state index contributed by atoms with van der Waals surface area (Å²) in [5.41, 5.74) is 1.23. The molecule has 1 unspecified atom stereocenters. The third kappa shape index (κ3) is 3.23. The minimum atomic E-state index is -0.0464. The Hall–Kier alpha value is -0.870. The van der Waals surface area contributed by atoms with E-state index >= 15 is 0 Å². The summed E-state index contributed by atoms with van der Waals surface area (Å²) in [6.07, 6.45) is 11.3. The zero-order chi connectivity index (χ0) is 14.4. The van der Waals surface area contributed by atoms with Gasteiger partial charge in [-0.2, -0.15) is 5.10 Å². The first-order valence-electron chi connectivity index (χ1n) is 8.06. The molecule has 1 aromatic heterocycles. The first-order chi connectivity index (χ1) is 9.75. The van der Waals surface area contributed by atoms with Crippen LogP contribution in [0.15, 0.2) is 12.4 Å². The second kappa shape index (κ2) is 7.23. The maximum absolute atomic E-state index is 5.98. The van der Waals surface area contributed by atoms with Crippen molar-refractivity contribution in [1.82, 2.24) is 15.1 Å². The summed E-state index contributed by atoms with van der Waals surface area (Å²) >= 11 is 0. The summed E-state index contributed by atoms with van der Waals surface area (Å²) in [6.45, 7) is 6.40. The Morgan fingerprint density at radius 1 is 1.35 bits per heavy atom. The van der Waals surface area contributed by atoms with E-state index in [9.17, 15) is 0 Å². The lowest BCUT2D eigenvalue weighted by Crippen LogP contribution is -2.43. The van der Waals surface area contributed by atoms with Crippen molar-refractivity contribution in [1.29, 1.82) is 0 Å². The predicted molar refractivity (Wildman–Crippen MR) is 81.8 cm³/mol. The van der Waals surface area contributed by atoms with Gasteiger partial charge in [0.25, 0.3) is 0 Å². The Labute approximate surface area is 122 Å². The van der Waals surface area contributed by atoms with E-state index in [1.165, 1.54) is 18.4 Å². The highest BCUT2D eigenvalue weighted by atomic mass is 16.5. The van der Waals surface area contributed by atoms with Crippen LogP contribution >= 0.6 is 0 Å². The molecule has 0 bridgehead atoms. The van der Waals surface area contributed by atoms with Gasteiger partial charge in [0.1, 0.15) is 0 Å². The normalized spacial score (nSPS) is 19.4. The molecule has 1 aliphatic rings. The van der Waals surface area contributed by atoms with E-state index in [0.29, 0.717) is 0 Å². The maximum atomic E-state index is 5.98. The molecule has 1 fully saturated rings. The zero-order valence-corrected chi connectivity index (χ0v) is 13.2. The average molecular weight is 279 g/mol. The molecule has 0 radical (unpaired) electrons. The standard InChI is InChI=1S/C16H29N3O/c1-4-10-17-15(16(20-3)8-6-7-9-16)14-12-18-19(13-14)11-5-2/h12-13,15,17H,4-11H2,1-3H3. The minimum absolute atomic E-state index is 0.0464. The second-order valence-corrected chi connectivity index (χ2v) is 5.90. The van der Waals surface area contributed by atoms with Crippen molar-refractivity contribution in [3.63, 3.8) is 0 Å². The molecule has 0 aromatic carbocycles. The molecule has 114 valence electrons.